The van der Waals surface area contributed by atoms with E-state index in [2.05, 4.69) is 15.5 Å². The van der Waals surface area contributed by atoms with Crippen LogP contribution < -0.4 is 10.1 Å². The lowest BCUT2D eigenvalue weighted by atomic mass is 9.95. The van der Waals surface area contributed by atoms with Gasteiger partial charge in [0.1, 0.15) is 10.8 Å². The van der Waals surface area contributed by atoms with Gasteiger partial charge in [0.05, 0.1) is 17.9 Å². The van der Waals surface area contributed by atoms with Crippen molar-refractivity contribution in [2.45, 2.75) is 58.3 Å². The maximum atomic E-state index is 12.6. The second-order valence-corrected chi connectivity index (χ2v) is 10.0. The van der Waals surface area contributed by atoms with Crippen molar-refractivity contribution in [3.05, 3.63) is 51.2 Å². The smallest absolute Gasteiger partial charge is 0.341 e. The summed E-state index contributed by atoms with van der Waals surface area (Å²) in [5.41, 5.74) is 3.86. The molecule has 8 nitrogen and oxygen atoms in total. The normalized spacial score (nSPS) is 12.8. The maximum absolute atomic E-state index is 12.6. The molecule has 1 amide bonds. The van der Waals surface area contributed by atoms with E-state index in [0.29, 0.717) is 23.1 Å². The van der Waals surface area contributed by atoms with Crippen LogP contribution in [0.5, 0.6) is 5.75 Å². The molecule has 0 bridgehead atoms. The summed E-state index contributed by atoms with van der Waals surface area (Å²) < 4.78 is 16.5. The molecular weight excluding hydrogens is 474 g/mol. The van der Waals surface area contributed by atoms with Gasteiger partial charge in [0, 0.05) is 4.88 Å². The quantitative estimate of drug-likeness (QED) is 0.319. The lowest BCUT2D eigenvalue weighted by Gasteiger charge is -2.12. The molecule has 34 heavy (non-hydrogen) atoms. The first-order chi connectivity index (χ1) is 16.4. The Hall–Kier alpha value is -2.85. The third-order valence-electron chi connectivity index (χ3n) is 5.52. The molecule has 10 heteroatoms. The number of esters is 1. The van der Waals surface area contributed by atoms with Gasteiger partial charge in [-0.15, -0.1) is 21.5 Å². The molecule has 3 aromatic rings. The molecule has 180 valence electrons. The number of thiophene rings is 1. The van der Waals surface area contributed by atoms with Gasteiger partial charge < -0.3 is 19.2 Å². The highest BCUT2D eigenvalue weighted by Gasteiger charge is 2.27. The molecule has 1 N–H and O–H groups in total. The number of ether oxygens (including phenoxy) is 2. The van der Waals surface area contributed by atoms with Gasteiger partial charge in [-0.1, -0.05) is 17.8 Å². The van der Waals surface area contributed by atoms with Gasteiger partial charge >= 0.3 is 5.97 Å². The van der Waals surface area contributed by atoms with Gasteiger partial charge in [0.2, 0.25) is 5.91 Å². The number of hydrogen-bond acceptors (Lipinski definition) is 9. The van der Waals surface area contributed by atoms with Crippen molar-refractivity contribution in [3.8, 4) is 5.75 Å². The SMILES string of the molecule is CCOC(=O)c1c(NC(=O)CSc2nnc(COc3ccc(C)c(C)c3)o2)sc2c1CCCC2. The van der Waals surface area contributed by atoms with E-state index < -0.39 is 0 Å². The average molecular weight is 502 g/mol. The lowest BCUT2D eigenvalue weighted by Crippen LogP contribution is -2.17. The Kier molecular flexibility index (Phi) is 7.89. The van der Waals surface area contributed by atoms with Crippen molar-refractivity contribution in [1.29, 1.82) is 0 Å². The number of benzene rings is 1. The van der Waals surface area contributed by atoms with Gasteiger partial charge in [-0.25, -0.2) is 4.79 Å². The van der Waals surface area contributed by atoms with Gasteiger partial charge in [-0.05, 0) is 75.3 Å². The zero-order valence-electron chi connectivity index (χ0n) is 19.4. The van der Waals surface area contributed by atoms with Crippen molar-refractivity contribution in [2.75, 3.05) is 17.7 Å². The first kappa shape index (κ1) is 24.3. The van der Waals surface area contributed by atoms with E-state index in [4.69, 9.17) is 13.9 Å². The molecule has 0 aliphatic heterocycles. The molecule has 2 heterocycles. The summed E-state index contributed by atoms with van der Waals surface area (Å²) in [5.74, 6) is 0.503. The van der Waals surface area contributed by atoms with Crippen molar-refractivity contribution in [1.82, 2.24) is 10.2 Å². The number of fused-ring (bicyclic) bond motifs is 1. The first-order valence-electron chi connectivity index (χ1n) is 11.2. The summed E-state index contributed by atoms with van der Waals surface area (Å²) in [7, 11) is 0. The summed E-state index contributed by atoms with van der Waals surface area (Å²) in [5, 5.41) is 11.7. The predicted octanol–water partition coefficient (Wildman–Crippen LogP) is 5.11. The molecule has 0 saturated heterocycles. The molecule has 0 radical (unpaired) electrons. The molecule has 0 unspecified atom stereocenters. The first-order valence-corrected chi connectivity index (χ1v) is 13.0. The number of carbonyl (C=O) groups excluding carboxylic acids is 2. The van der Waals surface area contributed by atoms with Crippen LogP contribution in [0.15, 0.2) is 27.8 Å². The summed E-state index contributed by atoms with van der Waals surface area (Å²) in [4.78, 5) is 26.3. The van der Waals surface area contributed by atoms with Crippen LogP contribution in [0.1, 0.15) is 57.6 Å². The number of hydrogen-bond donors (Lipinski definition) is 1. The van der Waals surface area contributed by atoms with Crippen molar-refractivity contribution in [2.24, 2.45) is 0 Å². The molecule has 1 aromatic carbocycles. The minimum absolute atomic E-state index is 0.0739. The van der Waals surface area contributed by atoms with Crippen LogP contribution >= 0.6 is 23.1 Å². The Labute approximate surface area is 206 Å². The minimum atomic E-state index is -0.379. The number of carbonyl (C=O) groups is 2. The highest BCUT2D eigenvalue weighted by atomic mass is 32.2. The Balaban J connectivity index is 1.33. The summed E-state index contributed by atoms with van der Waals surface area (Å²) >= 11 is 2.60. The number of anilines is 1. The zero-order chi connectivity index (χ0) is 24.1. The van der Waals surface area contributed by atoms with Crippen LogP contribution in [-0.4, -0.2) is 34.4 Å². The number of nitrogens with zero attached hydrogens (tertiary/aromatic N) is 2. The Morgan fingerprint density at radius 3 is 2.79 bits per heavy atom. The molecule has 1 aliphatic rings. The maximum Gasteiger partial charge on any atom is 0.341 e. The van der Waals surface area contributed by atoms with Crippen molar-refractivity contribution in [3.63, 3.8) is 0 Å². The van der Waals surface area contributed by atoms with E-state index in [1.807, 2.05) is 32.0 Å². The largest absolute Gasteiger partial charge is 0.484 e. The van der Waals surface area contributed by atoms with E-state index in [1.165, 1.54) is 16.9 Å². The molecule has 4 rings (SSSR count). The highest BCUT2D eigenvalue weighted by molar-refractivity contribution is 7.99. The monoisotopic (exact) mass is 501 g/mol. The molecule has 1 aliphatic carbocycles. The summed E-state index contributed by atoms with van der Waals surface area (Å²) in [6.45, 7) is 6.28. The van der Waals surface area contributed by atoms with E-state index in [9.17, 15) is 9.59 Å². The summed E-state index contributed by atoms with van der Waals surface area (Å²) in [6.07, 6.45) is 3.88. The Bertz CT molecular complexity index is 1190. The average Bonchev–Trinajstić information content (AvgIpc) is 3.42. The van der Waals surface area contributed by atoms with Gasteiger partial charge in [-0.2, -0.15) is 0 Å². The van der Waals surface area contributed by atoms with Crippen LogP contribution in [0.4, 0.5) is 5.00 Å². The predicted molar refractivity (Wildman–Crippen MR) is 131 cm³/mol. The fourth-order valence-corrected chi connectivity index (χ4v) is 5.54. The van der Waals surface area contributed by atoms with E-state index in [-0.39, 0.29) is 29.5 Å². The minimum Gasteiger partial charge on any atom is -0.484 e. The lowest BCUT2D eigenvalue weighted by molar-refractivity contribution is -0.113. The number of aryl methyl sites for hydroxylation is 3. The number of rotatable bonds is 9. The van der Waals surface area contributed by atoms with Crippen molar-refractivity contribution >= 4 is 40.0 Å². The second kappa shape index (κ2) is 11.1. The van der Waals surface area contributed by atoms with E-state index >= 15 is 0 Å². The standard InChI is InChI=1S/C24H27N3O5S2/c1-4-30-23(29)21-17-7-5-6-8-18(17)34-22(21)25-19(28)13-33-24-27-26-20(32-24)12-31-16-10-9-14(2)15(3)11-16/h9-11H,4-8,12-13H2,1-3H3,(H,25,28). The molecule has 0 spiro atoms. The second-order valence-electron chi connectivity index (χ2n) is 7.97. The van der Waals surface area contributed by atoms with E-state index in [0.717, 1.165) is 59.2 Å². The van der Waals surface area contributed by atoms with Crippen LogP contribution in [0.25, 0.3) is 0 Å². The van der Waals surface area contributed by atoms with Gasteiger partial charge in [0.25, 0.3) is 11.1 Å². The highest BCUT2D eigenvalue weighted by Crippen LogP contribution is 2.38. The van der Waals surface area contributed by atoms with Crippen LogP contribution in [0.2, 0.25) is 0 Å². The third kappa shape index (κ3) is 5.79. The van der Waals surface area contributed by atoms with Crippen LogP contribution in [-0.2, 0) is 29.0 Å². The third-order valence-corrected chi connectivity index (χ3v) is 7.55. The number of amides is 1. The van der Waals surface area contributed by atoms with Gasteiger partial charge in [-0.3, -0.25) is 4.79 Å². The molecule has 0 saturated carbocycles. The fourth-order valence-electron chi connectivity index (χ4n) is 3.67. The van der Waals surface area contributed by atoms with Crippen LogP contribution in [0.3, 0.4) is 0 Å². The molecule has 2 aromatic heterocycles. The Morgan fingerprint density at radius 2 is 2.00 bits per heavy atom. The van der Waals surface area contributed by atoms with Crippen LogP contribution in [0, 0.1) is 13.8 Å². The molecule has 0 atom stereocenters. The van der Waals surface area contributed by atoms with Crippen molar-refractivity contribution < 1.29 is 23.5 Å². The number of thioether (sulfide) groups is 1. The number of nitrogens with one attached hydrogen (secondary N) is 1. The molecular formula is C24H27N3O5S2. The Morgan fingerprint density at radius 1 is 1.18 bits per heavy atom. The molecule has 0 fully saturated rings. The van der Waals surface area contributed by atoms with E-state index in [1.54, 1.807) is 6.92 Å². The zero-order valence-corrected chi connectivity index (χ0v) is 21.1. The number of aromatic nitrogens is 2. The topological polar surface area (TPSA) is 104 Å². The summed E-state index contributed by atoms with van der Waals surface area (Å²) in [6, 6.07) is 5.85. The fraction of sp³-hybridized carbons (Fsp3) is 0.417. The van der Waals surface area contributed by atoms with Gasteiger partial charge in [0.15, 0.2) is 6.61 Å².